The molecule has 5 heteroatoms. The lowest BCUT2D eigenvalue weighted by Crippen LogP contribution is -2.13. The van der Waals surface area contributed by atoms with Crippen LogP contribution >= 0.6 is 11.8 Å². The molecule has 4 nitrogen and oxygen atoms in total. The Morgan fingerprint density at radius 3 is 3.11 bits per heavy atom. The van der Waals surface area contributed by atoms with Gasteiger partial charge < -0.3 is 5.32 Å². The van der Waals surface area contributed by atoms with Crippen molar-refractivity contribution in [2.24, 2.45) is 5.92 Å². The molecule has 2 aromatic heterocycles. The zero-order valence-electron chi connectivity index (χ0n) is 11.5. The van der Waals surface area contributed by atoms with E-state index in [1.807, 2.05) is 17.1 Å². The Balaban J connectivity index is 1.74. The van der Waals surface area contributed by atoms with Crippen molar-refractivity contribution in [2.45, 2.75) is 26.3 Å². The van der Waals surface area contributed by atoms with Crippen molar-refractivity contribution >= 4 is 28.5 Å². The third-order valence-corrected chi connectivity index (χ3v) is 4.77. The molecule has 1 fully saturated rings. The molecule has 1 aliphatic rings. The van der Waals surface area contributed by atoms with E-state index in [2.05, 4.69) is 47.1 Å². The van der Waals surface area contributed by atoms with Crippen LogP contribution in [0.2, 0.25) is 0 Å². The highest BCUT2D eigenvalue weighted by Crippen LogP contribution is 2.24. The second-order valence-electron chi connectivity index (χ2n) is 5.43. The number of nitrogens with zero attached hydrogens (tertiary/aromatic N) is 3. The molecule has 3 rings (SSSR count). The Labute approximate surface area is 118 Å². The fourth-order valence-electron chi connectivity index (χ4n) is 2.42. The lowest BCUT2D eigenvalue weighted by molar-refractivity contribution is 0.546. The summed E-state index contributed by atoms with van der Waals surface area (Å²) in [6.45, 7) is 5.30. The Bertz CT molecular complexity index is 558. The van der Waals surface area contributed by atoms with Gasteiger partial charge in [0.2, 0.25) is 0 Å². The van der Waals surface area contributed by atoms with Crippen molar-refractivity contribution in [3.05, 3.63) is 18.5 Å². The minimum atomic E-state index is 0.347. The number of hydrogen-bond acceptors (Lipinski definition) is 4. The fraction of sp³-hybridized carbons (Fsp3) is 0.571. The molecule has 0 spiro atoms. The number of hydrogen-bond donors (Lipinski definition) is 1. The monoisotopic (exact) mass is 276 g/mol. The van der Waals surface area contributed by atoms with E-state index >= 15 is 0 Å². The van der Waals surface area contributed by atoms with Gasteiger partial charge in [0.25, 0.3) is 0 Å². The van der Waals surface area contributed by atoms with Gasteiger partial charge in [0.15, 0.2) is 5.65 Å². The van der Waals surface area contributed by atoms with Crippen LogP contribution < -0.4 is 5.32 Å². The number of rotatable bonds is 4. The van der Waals surface area contributed by atoms with Gasteiger partial charge in [0.05, 0.1) is 18.1 Å². The van der Waals surface area contributed by atoms with E-state index in [1.165, 1.54) is 17.9 Å². The topological polar surface area (TPSA) is 42.7 Å². The van der Waals surface area contributed by atoms with E-state index in [0.29, 0.717) is 6.04 Å². The maximum Gasteiger partial charge on any atom is 0.158 e. The quantitative estimate of drug-likeness (QED) is 0.931. The minimum absolute atomic E-state index is 0.347. The summed E-state index contributed by atoms with van der Waals surface area (Å²) in [5.41, 5.74) is 2.07. The number of aromatic nitrogens is 3. The van der Waals surface area contributed by atoms with Crippen molar-refractivity contribution in [2.75, 3.05) is 23.4 Å². The third-order valence-electron chi connectivity index (χ3n) is 3.54. The molecular weight excluding hydrogens is 256 g/mol. The van der Waals surface area contributed by atoms with E-state index in [-0.39, 0.29) is 0 Å². The smallest absolute Gasteiger partial charge is 0.158 e. The second-order valence-corrected chi connectivity index (χ2v) is 6.58. The van der Waals surface area contributed by atoms with Gasteiger partial charge >= 0.3 is 0 Å². The lowest BCUT2D eigenvalue weighted by atomic mass is 10.1. The van der Waals surface area contributed by atoms with Crippen LogP contribution in [0.1, 0.15) is 26.3 Å². The maximum absolute atomic E-state index is 4.54. The molecule has 0 aliphatic carbocycles. The first-order valence-corrected chi connectivity index (χ1v) is 8.04. The van der Waals surface area contributed by atoms with Crippen LogP contribution in [0.4, 0.5) is 5.69 Å². The van der Waals surface area contributed by atoms with Crippen LogP contribution in [-0.2, 0) is 0 Å². The molecule has 0 radical (unpaired) electrons. The van der Waals surface area contributed by atoms with Gasteiger partial charge in [-0.25, -0.2) is 9.67 Å². The summed E-state index contributed by atoms with van der Waals surface area (Å²) in [5, 5.41) is 9.01. The van der Waals surface area contributed by atoms with E-state index in [9.17, 15) is 0 Å². The second kappa shape index (κ2) is 5.41. The predicted molar refractivity (Wildman–Crippen MR) is 81.8 cm³/mol. The molecule has 1 N–H and O–H groups in total. The first-order valence-electron chi connectivity index (χ1n) is 6.89. The molecular formula is C14H20N4S. The highest BCUT2D eigenvalue weighted by molar-refractivity contribution is 7.99. The highest BCUT2D eigenvalue weighted by atomic mass is 32.2. The Kier molecular flexibility index (Phi) is 3.64. The first kappa shape index (κ1) is 12.8. The number of nitrogens with one attached hydrogen (secondary N) is 1. The standard InChI is InChI=1S/C14H20N4S/c1-10(2)18-14-12(7-17-18)5-13(8-16-14)15-6-11-3-4-19-9-11/h5,7-8,10-11,15H,3-4,6,9H2,1-2H3. The Hall–Kier alpha value is -1.23. The summed E-state index contributed by atoms with van der Waals surface area (Å²) < 4.78 is 1.97. The normalized spacial score (nSPS) is 19.4. The van der Waals surface area contributed by atoms with Gasteiger partial charge in [0, 0.05) is 18.0 Å². The molecule has 0 amide bonds. The molecule has 0 aromatic carbocycles. The summed E-state index contributed by atoms with van der Waals surface area (Å²) in [6.07, 6.45) is 5.16. The number of pyridine rings is 1. The number of anilines is 1. The zero-order chi connectivity index (χ0) is 13.2. The Morgan fingerprint density at radius 1 is 1.47 bits per heavy atom. The molecule has 3 heterocycles. The lowest BCUT2D eigenvalue weighted by Gasteiger charge is -2.11. The van der Waals surface area contributed by atoms with Gasteiger partial charge in [0.1, 0.15) is 0 Å². The predicted octanol–water partition coefficient (Wildman–Crippen LogP) is 3.18. The van der Waals surface area contributed by atoms with Gasteiger partial charge in [-0.2, -0.15) is 16.9 Å². The molecule has 1 unspecified atom stereocenters. The van der Waals surface area contributed by atoms with E-state index in [1.54, 1.807) is 0 Å². The molecule has 1 aliphatic heterocycles. The average molecular weight is 276 g/mol. The molecule has 0 bridgehead atoms. The van der Waals surface area contributed by atoms with Crippen molar-refractivity contribution < 1.29 is 0 Å². The van der Waals surface area contributed by atoms with Crippen LogP contribution in [0.25, 0.3) is 11.0 Å². The van der Waals surface area contributed by atoms with Gasteiger partial charge in [-0.3, -0.25) is 0 Å². The molecule has 2 aromatic rings. The van der Waals surface area contributed by atoms with Crippen LogP contribution in [0.3, 0.4) is 0 Å². The van der Waals surface area contributed by atoms with E-state index in [4.69, 9.17) is 0 Å². The maximum atomic E-state index is 4.54. The van der Waals surface area contributed by atoms with Gasteiger partial charge in [-0.15, -0.1) is 0 Å². The third kappa shape index (κ3) is 2.71. The summed E-state index contributed by atoms with van der Waals surface area (Å²) in [4.78, 5) is 4.54. The van der Waals surface area contributed by atoms with E-state index < -0.39 is 0 Å². The first-order chi connectivity index (χ1) is 9.24. The molecule has 1 saturated heterocycles. The molecule has 1 atom stereocenters. The fourth-order valence-corrected chi connectivity index (χ4v) is 3.71. The SMILES string of the molecule is CC(C)n1ncc2cc(NCC3CCSC3)cnc21. The van der Waals surface area contributed by atoms with Crippen molar-refractivity contribution in [1.82, 2.24) is 14.8 Å². The summed E-state index contributed by atoms with van der Waals surface area (Å²) >= 11 is 2.06. The van der Waals surface area contributed by atoms with E-state index in [0.717, 1.165) is 29.2 Å². The Morgan fingerprint density at radius 2 is 2.37 bits per heavy atom. The van der Waals surface area contributed by atoms with Crippen molar-refractivity contribution in [3.63, 3.8) is 0 Å². The minimum Gasteiger partial charge on any atom is -0.383 e. The molecule has 102 valence electrons. The number of thioether (sulfide) groups is 1. The summed E-state index contributed by atoms with van der Waals surface area (Å²) in [7, 11) is 0. The zero-order valence-corrected chi connectivity index (χ0v) is 12.3. The summed E-state index contributed by atoms with van der Waals surface area (Å²) in [5.74, 6) is 3.40. The highest BCUT2D eigenvalue weighted by Gasteiger charge is 2.15. The van der Waals surface area contributed by atoms with Gasteiger partial charge in [-0.05, 0) is 43.8 Å². The summed E-state index contributed by atoms with van der Waals surface area (Å²) in [6, 6.07) is 2.50. The van der Waals surface area contributed by atoms with Crippen LogP contribution in [0, 0.1) is 5.92 Å². The van der Waals surface area contributed by atoms with Crippen LogP contribution in [0.5, 0.6) is 0 Å². The number of fused-ring (bicyclic) bond motifs is 1. The van der Waals surface area contributed by atoms with Crippen molar-refractivity contribution in [3.8, 4) is 0 Å². The van der Waals surface area contributed by atoms with Crippen LogP contribution in [0.15, 0.2) is 18.5 Å². The molecule has 0 saturated carbocycles. The van der Waals surface area contributed by atoms with Gasteiger partial charge in [-0.1, -0.05) is 0 Å². The van der Waals surface area contributed by atoms with Crippen molar-refractivity contribution in [1.29, 1.82) is 0 Å². The average Bonchev–Trinajstić information content (AvgIpc) is 3.05. The van der Waals surface area contributed by atoms with Crippen LogP contribution in [-0.4, -0.2) is 32.8 Å². The largest absolute Gasteiger partial charge is 0.383 e. The molecule has 19 heavy (non-hydrogen) atoms.